The van der Waals surface area contributed by atoms with E-state index in [0.717, 1.165) is 6.08 Å². The van der Waals surface area contributed by atoms with Crippen LogP contribution in [-0.2, 0) is 19.1 Å². The number of esters is 2. The molecule has 4 nitrogen and oxygen atoms in total. The molecule has 0 aromatic carbocycles. The zero-order valence-electron chi connectivity index (χ0n) is 8.78. The molecule has 0 saturated carbocycles. The maximum absolute atomic E-state index is 11.2. The standard InChI is InChI=1S/C10H16O4/c1-5-9(11)14-8(4)10(12)13-6-7(2)3/h5,7-8H,1,6H2,2-4H3/t8-/m1/s1. The Hall–Kier alpha value is -1.32. The Labute approximate surface area is 83.9 Å². The van der Waals surface area contributed by atoms with E-state index in [0.29, 0.717) is 6.61 Å². The Kier molecular flexibility index (Phi) is 5.60. The van der Waals surface area contributed by atoms with Crippen LogP contribution in [0.15, 0.2) is 12.7 Å². The van der Waals surface area contributed by atoms with Gasteiger partial charge in [0.1, 0.15) is 0 Å². The molecular weight excluding hydrogens is 184 g/mol. The molecule has 0 unspecified atom stereocenters. The highest BCUT2D eigenvalue weighted by molar-refractivity contribution is 5.84. The molecule has 0 N–H and O–H groups in total. The predicted molar refractivity (Wildman–Crippen MR) is 51.5 cm³/mol. The van der Waals surface area contributed by atoms with Crippen molar-refractivity contribution >= 4 is 11.9 Å². The lowest BCUT2D eigenvalue weighted by molar-refractivity contribution is -0.164. The zero-order valence-corrected chi connectivity index (χ0v) is 8.78. The average Bonchev–Trinajstić information content (AvgIpc) is 2.13. The number of rotatable bonds is 5. The van der Waals surface area contributed by atoms with Crippen LogP contribution in [0.4, 0.5) is 0 Å². The molecule has 0 rings (SSSR count). The monoisotopic (exact) mass is 200 g/mol. The number of carbonyl (C=O) groups excluding carboxylic acids is 2. The van der Waals surface area contributed by atoms with Gasteiger partial charge in [-0.2, -0.15) is 0 Å². The van der Waals surface area contributed by atoms with Crippen molar-refractivity contribution < 1.29 is 19.1 Å². The summed E-state index contributed by atoms with van der Waals surface area (Å²) in [6.45, 7) is 8.86. The highest BCUT2D eigenvalue weighted by Crippen LogP contribution is 1.99. The number of hydrogen-bond acceptors (Lipinski definition) is 4. The summed E-state index contributed by atoms with van der Waals surface area (Å²) in [7, 11) is 0. The third kappa shape index (κ3) is 5.35. The normalized spacial score (nSPS) is 12.0. The van der Waals surface area contributed by atoms with Crippen molar-refractivity contribution in [3.63, 3.8) is 0 Å². The molecule has 0 aliphatic carbocycles. The second-order valence-electron chi connectivity index (χ2n) is 3.31. The van der Waals surface area contributed by atoms with Gasteiger partial charge in [-0.25, -0.2) is 9.59 Å². The summed E-state index contributed by atoms with van der Waals surface area (Å²) < 4.78 is 9.52. The molecule has 1 atom stereocenters. The van der Waals surface area contributed by atoms with E-state index >= 15 is 0 Å². The summed E-state index contributed by atoms with van der Waals surface area (Å²) in [6, 6.07) is 0. The molecule has 14 heavy (non-hydrogen) atoms. The van der Waals surface area contributed by atoms with Crippen molar-refractivity contribution in [1.29, 1.82) is 0 Å². The van der Waals surface area contributed by atoms with E-state index in [1.807, 2.05) is 13.8 Å². The van der Waals surface area contributed by atoms with Crippen molar-refractivity contribution in [3.05, 3.63) is 12.7 Å². The second-order valence-corrected chi connectivity index (χ2v) is 3.31. The lowest BCUT2D eigenvalue weighted by atomic mass is 10.2. The smallest absolute Gasteiger partial charge is 0.347 e. The zero-order chi connectivity index (χ0) is 11.1. The van der Waals surface area contributed by atoms with Gasteiger partial charge in [-0.15, -0.1) is 0 Å². The minimum Gasteiger partial charge on any atom is -0.463 e. The van der Waals surface area contributed by atoms with Crippen LogP contribution in [0.5, 0.6) is 0 Å². The van der Waals surface area contributed by atoms with Gasteiger partial charge in [-0.1, -0.05) is 20.4 Å². The van der Waals surface area contributed by atoms with Gasteiger partial charge in [0.2, 0.25) is 0 Å². The van der Waals surface area contributed by atoms with Crippen molar-refractivity contribution in [1.82, 2.24) is 0 Å². The number of hydrogen-bond donors (Lipinski definition) is 0. The van der Waals surface area contributed by atoms with E-state index in [-0.39, 0.29) is 5.92 Å². The molecule has 0 fully saturated rings. The highest BCUT2D eigenvalue weighted by atomic mass is 16.6. The lowest BCUT2D eigenvalue weighted by Crippen LogP contribution is -2.26. The first-order valence-corrected chi connectivity index (χ1v) is 4.47. The molecule has 80 valence electrons. The highest BCUT2D eigenvalue weighted by Gasteiger charge is 2.17. The van der Waals surface area contributed by atoms with Crippen molar-refractivity contribution in [3.8, 4) is 0 Å². The summed E-state index contributed by atoms with van der Waals surface area (Å²) in [5, 5.41) is 0. The van der Waals surface area contributed by atoms with Gasteiger partial charge in [-0.3, -0.25) is 0 Å². The van der Waals surface area contributed by atoms with Gasteiger partial charge < -0.3 is 9.47 Å². The fourth-order valence-electron chi connectivity index (χ4n) is 0.637. The molecule has 0 aromatic rings. The molecule has 4 heteroatoms. The van der Waals surface area contributed by atoms with Gasteiger partial charge >= 0.3 is 11.9 Å². The van der Waals surface area contributed by atoms with E-state index in [1.54, 1.807) is 0 Å². The van der Waals surface area contributed by atoms with Crippen LogP contribution in [0.25, 0.3) is 0 Å². The summed E-state index contributed by atoms with van der Waals surface area (Å²) in [6.07, 6.45) is 0.130. The molecule has 0 aliphatic heterocycles. The third-order valence-electron chi connectivity index (χ3n) is 1.35. The van der Waals surface area contributed by atoms with Gasteiger partial charge in [0, 0.05) is 6.08 Å². The molecule has 0 amide bonds. The maximum atomic E-state index is 11.2. The Balaban J connectivity index is 3.87. The van der Waals surface area contributed by atoms with E-state index < -0.39 is 18.0 Å². The Morgan fingerprint density at radius 3 is 2.36 bits per heavy atom. The molecule has 0 aromatic heterocycles. The molecule has 0 bridgehead atoms. The minimum absolute atomic E-state index is 0.265. The van der Waals surface area contributed by atoms with Gasteiger partial charge in [0.05, 0.1) is 6.61 Å². The molecule has 0 spiro atoms. The van der Waals surface area contributed by atoms with Crippen molar-refractivity contribution in [2.45, 2.75) is 26.9 Å². The van der Waals surface area contributed by atoms with Crippen LogP contribution in [0, 0.1) is 5.92 Å². The van der Waals surface area contributed by atoms with Gasteiger partial charge in [0.25, 0.3) is 0 Å². The van der Waals surface area contributed by atoms with E-state index in [2.05, 4.69) is 11.3 Å². The molecule has 0 aliphatic rings. The summed E-state index contributed by atoms with van der Waals surface area (Å²) in [5.74, 6) is -0.894. The fraction of sp³-hybridized carbons (Fsp3) is 0.600. The van der Waals surface area contributed by atoms with Crippen LogP contribution < -0.4 is 0 Å². The second kappa shape index (κ2) is 6.18. The summed E-state index contributed by atoms with van der Waals surface area (Å²) in [4.78, 5) is 21.9. The summed E-state index contributed by atoms with van der Waals surface area (Å²) >= 11 is 0. The molecule has 0 heterocycles. The number of ether oxygens (including phenoxy) is 2. The minimum atomic E-state index is -0.876. The number of carbonyl (C=O) groups is 2. The van der Waals surface area contributed by atoms with Crippen LogP contribution in [-0.4, -0.2) is 24.6 Å². The Morgan fingerprint density at radius 1 is 1.36 bits per heavy atom. The summed E-state index contributed by atoms with van der Waals surface area (Å²) in [5.41, 5.74) is 0. The van der Waals surface area contributed by atoms with E-state index in [9.17, 15) is 9.59 Å². The fourth-order valence-corrected chi connectivity index (χ4v) is 0.637. The first-order valence-electron chi connectivity index (χ1n) is 4.47. The molecule has 0 radical (unpaired) electrons. The Bertz CT molecular complexity index is 220. The largest absolute Gasteiger partial charge is 0.463 e. The first-order chi connectivity index (χ1) is 6.47. The van der Waals surface area contributed by atoms with E-state index in [1.165, 1.54) is 6.92 Å². The third-order valence-corrected chi connectivity index (χ3v) is 1.35. The SMILES string of the molecule is C=CC(=O)O[C@H](C)C(=O)OCC(C)C. The van der Waals surface area contributed by atoms with Crippen LogP contribution in [0.2, 0.25) is 0 Å². The van der Waals surface area contributed by atoms with Crippen LogP contribution >= 0.6 is 0 Å². The quantitative estimate of drug-likeness (QED) is 0.496. The predicted octanol–water partition coefficient (Wildman–Crippen LogP) is 1.30. The van der Waals surface area contributed by atoms with Crippen LogP contribution in [0.3, 0.4) is 0 Å². The van der Waals surface area contributed by atoms with Crippen molar-refractivity contribution in [2.24, 2.45) is 5.92 Å². The molecule has 0 saturated heterocycles. The maximum Gasteiger partial charge on any atom is 0.347 e. The molecular formula is C10H16O4. The van der Waals surface area contributed by atoms with Gasteiger partial charge in [-0.05, 0) is 12.8 Å². The van der Waals surface area contributed by atoms with Gasteiger partial charge in [0.15, 0.2) is 6.10 Å². The van der Waals surface area contributed by atoms with Crippen molar-refractivity contribution in [2.75, 3.05) is 6.61 Å². The lowest BCUT2D eigenvalue weighted by Gasteiger charge is -2.12. The topological polar surface area (TPSA) is 52.6 Å². The first kappa shape index (κ1) is 12.7. The van der Waals surface area contributed by atoms with E-state index in [4.69, 9.17) is 4.74 Å². The average molecular weight is 200 g/mol. The van der Waals surface area contributed by atoms with Crippen LogP contribution in [0.1, 0.15) is 20.8 Å². The Morgan fingerprint density at radius 2 is 1.93 bits per heavy atom.